The van der Waals surface area contributed by atoms with Crippen molar-refractivity contribution in [2.24, 2.45) is 0 Å². The normalized spacial score (nSPS) is 18.2. The van der Waals surface area contributed by atoms with Gasteiger partial charge in [-0.25, -0.2) is 0 Å². The highest BCUT2D eigenvalue weighted by atomic mass is 16.4. The molecule has 0 spiro atoms. The van der Waals surface area contributed by atoms with Gasteiger partial charge in [0.15, 0.2) is 0 Å². The molecule has 72 valence electrons. The summed E-state index contributed by atoms with van der Waals surface area (Å²) < 4.78 is 0. The third kappa shape index (κ3) is 1.23. The van der Waals surface area contributed by atoms with Crippen molar-refractivity contribution in [1.82, 2.24) is 0 Å². The van der Waals surface area contributed by atoms with E-state index in [4.69, 9.17) is 5.11 Å². The fourth-order valence-electron chi connectivity index (χ4n) is 1.93. The highest BCUT2D eigenvalue weighted by molar-refractivity contribution is 5.85. The summed E-state index contributed by atoms with van der Waals surface area (Å²) in [5.41, 5.74) is 3.25. The van der Waals surface area contributed by atoms with Gasteiger partial charge < -0.3 is 5.11 Å². The summed E-state index contributed by atoms with van der Waals surface area (Å²) in [5.74, 6) is -1.22. The van der Waals surface area contributed by atoms with Gasteiger partial charge in [-0.3, -0.25) is 4.79 Å². The molecule has 1 aliphatic carbocycles. The third-order valence-corrected chi connectivity index (χ3v) is 2.67. The predicted octanol–water partition coefficient (Wildman–Crippen LogP) is 2.44. The van der Waals surface area contributed by atoms with E-state index >= 15 is 0 Å². The molecule has 2 nitrogen and oxygen atoms in total. The Hall–Kier alpha value is -1.57. The standard InChI is InChI=1S/C12H12O2/c1-2-8-4-3-5-10-9(8)6-7-11(10)12(13)14/h3-7,11H,2H2,1H3,(H,13,14). The van der Waals surface area contributed by atoms with E-state index < -0.39 is 11.9 Å². The predicted molar refractivity (Wildman–Crippen MR) is 55.2 cm³/mol. The van der Waals surface area contributed by atoms with E-state index in [1.54, 1.807) is 6.08 Å². The van der Waals surface area contributed by atoms with Gasteiger partial charge in [-0.15, -0.1) is 0 Å². The molecule has 1 N–H and O–H groups in total. The minimum Gasteiger partial charge on any atom is -0.481 e. The van der Waals surface area contributed by atoms with Crippen LogP contribution in [0.5, 0.6) is 0 Å². The number of aryl methyl sites for hydroxylation is 1. The summed E-state index contributed by atoms with van der Waals surface area (Å²) in [4.78, 5) is 10.9. The van der Waals surface area contributed by atoms with Crippen molar-refractivity contribution in [3.8, 4) is 0 Å². The second-order valence-corrected chi connectivity index (χ2v) is 3.45. The lowest BCUT2D eigenvalue weighted by Crippen LogP contribution is -2.07. The average molecular weight is 188 g/mol. The second kappa shape index (κ2) is 3.29. The molecule has 2 heteroatoms. The van der Waals surface area contributed by atoms with Gasteiger partial charge in [0.1, 0.15) is 5.92 Å². The van der Waals surface area contributed by atoms with Crippen molar-refractivity contribution < 1.29 is 9.90 Å². The number of fused-ring (bicyclic) bond motifs is 1. The molecule has 0 aliphatic heterocycles. The maximum Gasteiger partial charge on any atom is 0.314 e. The molecular formula is C12H12O2. The molecule has 14 heavy (non-hydrogen) atoms. The van der Waals surface area contributed by atoms with Crippen LogP contribution in [0.15, 0.2) is 24.3 Å². The number of benzene rings is 1. The van der Waals surface area contributed by atoms with Crippen LogP contribution in [0.4, 0.5) is 0 Å². The van der Waals surface area contributed by atoms with Crippen molar-refractivity contribution in [3.63, 3.8) is 0 Å². The first kappa shape index (κ1) is 9.00. The second-order valence-electron chi connectivity index (χ2n) is 3.45. The Balaban J connectivity index is 2.52. The highest BCUT2D eigenvalue weighted by Crippen LogP contribution is 2.32. The number of carboxylic acids is 1. The Kier molecular flexibility index (Phi) is 2.12. The Labute approximate surface area is 82.9 Å². The first-order valence-electron chi connectivity index (χ1n) is 4.77. The van der Waals surface area contributed by atoms with Crippen LogP contribution in [0, 0.1) is 0 Å². The van der Waals surface area contributed by atoms with Crippen molar-refractivity contribution in [2.45, 2.75) is 19.3 Å². The molecule has 2 rings (SSSR count). The molecule has 0 amide bonds. The Morgan fingerprint density at radius 3 is 2.93 bits per heavy atom. The molecule has 0 saturated carbocycles. The van der Waals surface area contributed by atoms with E-state index in [1.807, 2.05) is 24.3 Å². The van der Waals surface area contributed by atoms with Gasteiger partial charge in [0, 0.05) is 0 Å². The maximum atomic E-state index is 10.9. The van der Waals surface area contributed by atoms with Gasteiger partial charge in [-0.05, 0) is 23.1 Å². The zero-order chi connectivity index (χ0) is 10.1. The molecule has 1 aliphatic rings. The molecule has 1 aromatic carbocycles. The van der Waals surface area contributed by atoms with Crippen molar-refractivity contribution in [3.05, 3.63) is 41.0 Å². The Morgan fingerprint density at radius 2 is 2.29 bits per heavy atom. The van der Waals surface area contributed by atoms with E-state index in [0.29, 0.717) is 0 Å². The van der Waals surface area contributed by atoms with E-state index in [1.165, 1.54) is 5.56 Å². The number of carbonyl (C=O) groups is 1. The summed E-state index contributed by atoms with van der Waals surface area (Å²) in [6.07, 6.45) is 4.62. The number of carboxylic acid groups (broad SMARTS) is 1. The number of hydrogen-bond donors (Lipinski definition) is 1. The van der Waals surface area contributed by atoms with Gasteiger partial charge in [-0.1, -0.05) is 37.3 Å². The molecule has 0 radical (unpaired) electrons. The lowest BCUT2D eigenvalue weighted by molar-refractivity contribution is -0.137. The van der Waals surface area contributed by atoms with Crippen LogP contribution in [0.3, 0.4) is 0 Å². The van der Waals surface area contributed by atoms with Crippen LogP contribution < -0.4 is 0 Å². The molecule has 0 bridgehead atoms. The lowest BCUT2D eigenvalue weighted by atomic mass is 9.96. The molecule has 0 fully saturated rings. The number of aliphatic carboxylic acids is 1. The molecule has 1 atom stereocenters. The van der Waals surface area contributed by atoms with Crippen LogP contribution in [0.1, 0.15) is 29.5 Å². The topological polar surface area (TPSA) is 37.3 Å². The zero-order valence-corrected chi connectivity index (χ0v) is 8.03. The summed E-state index contributed by atoms with van der Waals surface area (Å²) in [6, 6.07) is 5.88. The summed E-state index contributed by atoms with van der Waals surface area (Å²) in [7, 11) is 0. The van der Waals surface area contributed by atoms with E-state index in [9.17, 15) is 4.79 Å². The van der Waals surface area contributed by atoms with Gasteiger partial charge in [-0.2, -0.15) is 0 Å². The Bertz CT molecular complexity index is 405. The monoisotopic (exact) mass is 188 g/mol. The van der Waals surface area contributed by atoms with E-state index in [-0.39, 0.29) is 0 Å². The first-order valence-corrected chi connectivity index (χ1v) is 4.77. The quantitative estimate of drug-likeness (QED) is 0.774. The SMILES string of the molecule is CCc1cccc2c1C=CC2C(=O)O. The molecule has 1 unspecified atom stereocenters. The molecule has 0 saturated heterocycles. The van der Waals surface area contributed by atoms with Crippen LogP contribution in [-0.2, 0) is 11.2 Å². The zero-order valence-electron chi connectivity index (χ0n) is 8.03. The molecule has 0 heterocycles. The summed E-state index contributed by atoms with van der Waals surface area (Å²) in [5, 5.41) is 8.97. The number of rotatable bonds is 2. The van der Waals surface area contributed by atoms with Gasteiger partial charge >= 0.3 is 5.97 Å². The van der Waals surface area contributed by atoms with Crippen LogP contribution in [0.2, 0.25) is 0 Å². The number of hydrogen-bond acceptors (Lipinski definition) is 1. The van der Waals surface area contributed by atoms with Gasteiger partial charge in [0.2, 0.25) is 0 Å². The van der Waals surface area contributed by atoms with Crippen molar-refractivity contribution >= 4 is 12.0 Å². The van der Waals surface area contributed by atoms with E-state index in [2.05, 4.69) is 6.92 Å². The third-order valence-electron chi connectivity index (χ3n) is 2.67. The Morgan fingerprint density at radius 1 is 1.50 bits per heavy atom. The van der Waals surface area contributed by atoms with Crippen LogP contribution in [0.25, 0.3) is 6.08 Å². The summed E-state index contributed by atoms with van der Waals surface area (Å²) in [6.45, 7) is 2.08. The van der Waals surface area contributed by atoms with E-state index in [0.717, 1.165) is 17.5 Å². The minimum absolute atomic E-state index is 0.448. The largest absolute Gasteiger partial charge is 0.481 e. The average Bonchev–Trinajstić information content (AvgIpc) is 2.60. The fraction of sp³-hybridized carbons (Fsp3) is 0.250. The van der Waals surface area contributed by atoms with Crippen LogP contribution >= 0.6 is 0 Å². The first-order chi connectivity index (χ1) is 6.74. The maximum absolute atomic E-state index is 10.9. The highest BCUT2D eigenvalue weighted by Gasteiger charge is 2.24. The fourth-order valence-corrected chi connectivity index (χ4v) is 1.93. The molecule has 0 aromatic heterocycles. The van der Waals surface area contributed by atoms with Gasteiger partial charge in [0.05, 0.1) is 0 Å². The lowest BCUT2D eigenvalue weighted by Gasteiger charge is -2.08. The minimum atomic E-state index is -0.770. The smallest absolute Gasteiger partial charge is 0.314 e. The molecular weight excluding hydrogens is 176 g/mol. The van der Waals surface area contributed by atoms with Gasteiger partial charge in [0.25, 0.3) is 0 Å². The summed E-state index contributed by atoms with van der Waals surface area (Å²) >= 11 is 0. The molecule has 1 aromatic rings. The van der Waals surface area contributed by atoms with Crippen molar-refractivity contribution in [1.29, 1.82) is 0 Å². The van der Waals surface area contributed by atoms with Crippen molar-refractivity contribution in [2.75, 3.05) is 0 Å². The van der Waals surface area contributed by atoms with Crippen LogP contribution in [-0.4, -0.2) is 11.1 Å².